The van der Waals surface area contributed by atoms with Gasteiger partial charge in [0.1, 0.15) is 10.0 Å². The van der Waals surface area contributed by atoms with Crippen LogP contribution in [0.2, 0.25) is 0 Å². The first-order chi connectivity index (χ1) is 10.7. The lowest BCUT2D eigenvalue weighted by Crippen LogP contribution is -2.23. The molecule has 0 unspecified atom stereocenters. The first-order valence-electron chi connectivity index (χ1n) is 6.49. The zero-order valence-electron chi connectivity index (χ0n) is 11.4. The number of amides is 1. The van der Waals surface area contributed by atoms with E-state index in [1.54, 1.807) is 0 Å². The number of hydrogen-bond donors (Lipinski definition) is 1. The fourth-order valence-corrected chi connectivity index (χ4v) is 2.62. The Bertz CT molecular complexity index is 791. The average Bonchev–Trinajstić information content (AvgIpc) is 3.03. The second-order valence-corrected chi connectivity index (χ2v) is 5.47. The van der Waals surface area contributed by atoms with Crippen LogP contribution in [-0.2, 0) is 6.54 Å². The monoisotopic (exact) mass is 314 g/mol. The van der Waals surface area contributed by atoms with E-state index in [9.17, 15) is 9.18 Å². The number of carbonyl (C=O) groups is 1. The molecule has 0 aliphatic heterocycles. The van der Waals surface area contributed by atoms with E-state index in [1.165, 1.54) is 23.6 Å². The summed E-state index contributed by atoms with van der Waals surface area (Å²) in [5.41, 5.74) is 0.931. The maximum absolute atomic E-state index is 13.4. The van der Waals surface area contributed by atoms with Crippen molar-refractivity contribution in [1.29, 1.82) is 0 Å². The highest BCUT2D eigenvalue weighted by Crippen LogP contribution is 2.22. The van der Waals surface area contributed by atoms with E-state index in [-0.39, 0.29) is 12.1 Å². The molecule has 0 spiro atoms. The minimum Gasteiger partial charge on any atom is -0.345 e. The second-order valence-electron chi connectivity index (χ2n) is 4.41. The molecule has 0 atom stereocenters. The zero-order valence-corrected chi connectivity index (χ0v) is 12.2. The molecular weight excluding hydrogens is 303 g/mol. The lowest BCUT2D eigenvalue weighted by molar-refractivity contribution is 0.0946. The van der Waals surface area contributed by atoms with Crippen molar-refractivity contribution in [3.63, 3.8) is 0 Å². The molecule has 2 aromatic heterocycles. The molecule has 0 bridgehead atoms. The van der Waals surface area contributed by atoms with Crippen LogP contribution in [0.25, 0.3) is 10.6 Å². The molecule has 0 saturated heterocycles. The van der Waals surface area contributed by atoms with Crippen molar-refractivity contribution < 1.29 is 9.18 Å². The molecule has 1 aromatic carbocycles. The molecule has 3 aromatic rings. The van der Waals surface area contributed by atoms with E-state index in [0.717, 1.165) is 16.8 Å². The molecule has 1 amide bonds. The van der Waals surface area contributed by atoms with Crippen LogP contribution in [0, 0.1) is 5.82 Å². The predicted octanol–water partition coefficient (Wildman–Crippen LogP) is 2.67. The van der Waals surface area contributed by atoms with Gasteiger partial charge in [-0.05, 0) is 6.07 Å². The summed E-state index contributed by atoms with van der Waals surface area (Å²) in [4.78, 5) is 15.5. The van der Waals surface area contributed by atoms with Crippen molar-refractivity contribution in [2.75, 3.05) is 0 Å². The van der Waals surface area contributed by atoms with Gasteiger partial charge in [0.2, 0.25) is 0 Å². The summed E-state index contributed by atoms with van der Waals surface area (Å²) in [6, 6.07) is 11.0. The molecule has 1 N–H and O–H groups in total. The van der Waals surface area contributed by atoms with Crippen LogP contribution in [0.5, 0.6) is 0 Å². The number of rotatable bonds is 4. The van der Waals surface area contributed by atoms with E-state index >= 15 is 0 Å². The Balaban J connectivity index is 1.67. The number of pyridine rings is 1. The quantitative estimate of drug-likeness (QED) is 0.804. The molecule has 3 rings (SSSR count). The summed E-state index contributed by atoms with van der Waals surface area (Å²) in [6.45, 7) is 0.200. The molecule has 0 aliphatic carbocycles. The van der Waals surface area contributed by atoms with Gasteiger partial charge < -0.3 is 5.32 Å². The van der Waals surface area contributed by atoms with Crippen LogP contribution in [0.3, 0.4) is 0 Å². The van der Waals surface area contributed by atoms with Crippen molar-refractivity contribution in [2.45, 2.75) is 6.54 Å². The van der Waals surface area contributed by atoms with E-state index in [4.69, 9.17) is 0 Å². The first-order valence-corrected chi connectivity index (χ1v) is 7.31. The van der Waals surface area contributed by atoms with E-state index in [1.807, 2.05) is 30.3 Å². The number of nitrogens with one attached hydrogen (secondary N) is 1. The van der Waals surface area contributed by atoms with Crippen LogP contribution >= 0.6 is 11.3 Å². The summed E-state index contributed by atoms with van der Waals surface area (Å²) >= 11 is 1.38. The van der Waals surface area contributed by atoms with Gasteiger partial charge in [-0.3, -0.25) is 9.78 Å². The SMILES string of the molecule is O=C(NCc1nnc(-c2ccccc2)s1)c1ccncc1F. The summed E-state index contributed by atoms with van der Waals surface area (Å²) in [6.07, 6.45) is 2.38. The van der Waals surface area contributed by atoms with Crippen LogP contribution in [-0.4, -0.2) is 21.1 Å². The highest BCUT2D eigenvalue weighted by molar-refractivity contribution is 7.14. The van der Waals surface area contributed by atoms with Gasteiger partial charge in [0.15, 0.2) is 5.82 Å². The Hall–Kier alpha value is -2.67. The van der Waals surface area contributed by atoms with E-state index in [0.29, 0.717) is 5.01 Å². The van der Waals surface area contributed by atoms with E-state index < -0.39 is 11.7 Å². The Morgan fingerprint density at radius 1 is 1.18 bits per heavy atom. The van der Waals surface area contributed by atoms with Crippen LogP contribution in [0.15, 0.2) is 48.8 Å². The fraction of sp³-hybridized carbons (Fsp3) is 0.0667. The van der Waals surface area contributed by atoms with Gasteiger partial charge in [-0.2, -0.15) is 0 Å². The van der Waals surface area contributed by atoms with Crippen molar-refractivity contribution in [2.24, 2.45) is 0 Å². The largest absolute Gasteiger partial charge is 0.345 e. The highest BCUT2D eigenvalue weighted by atomic mass is 32.1. The smallest absolute Gasteiger partial charge is 0.254 e. The molecule has 0 fully saturated rings. The molecule has 5 nitrogen and oxygen atoms in total. The van der Waals surface area contributed by atoms with Crippen LogP contribution < -0.4 is 5.32 Å². The van der Waals surface area contributed by atoms with Gasteiger partial charge in [-0.1, -0.05) is 41.7 Å². The topological polar surface area (TPSA) is 67.8 Å². The third kappa shape index (κ3) is 3.15. The summed E-state index contributed by atoms with van der Waals surface area (Å²) in [7, 11) is 0. The van der Waals surface area contributed by atoms with E-state index in [2.05, 4.69) is 20.5 Å². The molecule has 0 radical (unpaired) electrons. The highest BCUT2D eigenvalue weighted by Gasteiger charge is 2.12. The van der Waals surface area contributed by atoms with Crippen molar-refractivity contribution >= 4 is 17.2 Å². The Morgan fingerprint density at radius 3 is 2.77 bits per heavy atom. The molecule has 0 aliphatic rings. The lowest BCUT2D eigenvalue weighted by Gasteiger charge is -2.03. The van der Waals surface area contributed by atoms with Crippen LogP contribution in [0.4, 0.5) is 4.39 Å². The molecule has 2 heterocycles. The Kier molecular flexibility index (Phi) is 4.15. The van der Waals surface area contributed by atoms with Crippen LogP contribution in [0.1, 0.15) is 15.4 Å². The van der Waals surface area contributed by atoms with Gasteiger partial charge >= 0.3 is 0 Å². The standard InChI is InChI=1S/C15H11FN4OS/c16-12-8-17-7-6-11(12)14(21)18-9-13-19-20-15(22-13)10-4-2-1-3-5-10/h1-8H,9H2,(H,18,21). The van der Waals surface area contributed by atoms with Crippen molar-refractivity contribution in [3.8, 4) is 10.6 Å². The lowest BCUT2D eigenvalue weighted by atomic mass is 10.2. The number of aromatic nitrogens is 3. The van der Waals surface area contributed by atoms with Gasteiger partial charge in [0.25, 0.3) is 5.91 Å². The van der Waals surface area contributed by atoms with Gasteiger partial charge in [0, 0.05) is 11.8 Å². The minimum atomic E-state index is -0.651. The van der Waals surface area contributed by atoms with Gasteiger partial charge in [0.05, 0.1) is 18.3 Å². The zero-order chi connectivity index (χ0) is 15.4. The Labute approximate surface area is 129 Å². The minimum absolute atomic E-state index is 0.0391. The molecule has 7 heteroatoms. The third-order valence-corrected chi connectivity index (χ3v) is 3.88. The molecule has 0 saturated carbocycles. The number of carbonyl (C=O) groups excluding carboxylic acids is 1. The fourth-order valence-electron chi connectivity index (χ4n) is 1.83. The maximum atomic E-state index is 13.4. The average molecular weight is 314 g/mol. The normalized spacial score (nSPS) is 10.4. The molecule has 110 valence electrons. The summed E-state index contributed by atoms with van der Waals surface area (Å²) in [5.74, 6) is -1.15. The number of hydrogen-bond acceptors (Lipinski definition) is 5. The predicted molar refractivity (Wildman–Crippen MR) is 80.7 cm³/mol. The molecule has 22 heavy (non-hydrogen) atoms. The third-order valence-electron chi connectivity index (χ3n) is 2.90. The van der Waals surface area contributed by atoms with Crippen molar-refractivity contribution in [1.82, 2.24) is 20.5 Å². The summed E-state index contributed by atoms with van der Waals surface area (Å²) in [5, 5.41) is 12.2. The second kappa shape index (κ2) is 6.40. The Morgan fingerprint density at radius 2 is 2.00 bits per heavy atom. The first kappa shape index (κ1) is 14.3. The number of nitrogens with zero attached hydrogens (tertiary/aromatic N) is 3. The summed E-state index contributed by atoms with van der Waals surface area (Å²) < 4.78 is 13.4. The number of benzene rings is 1. The van der Waals surface area contributed by atoms with Crippen molar-refractivity contribution in [3.05, 3.63) is 65.2 Å². The number of halogens is 1. The van der Waals surface area contributed by atoms with Gasteiger partial charge in [-0.15, -0.1) is 10.2 Å². The van der Waals surface area contributed by atoms with Gasteiger partial charge in [-0.25, -0.2) is 4.39 Å². The maximum Gasteiger partial charge on any atom is 0.254 e. The molecular formula is C15H11FN4OS.